The van der Waals surface area contributed by atoms with Gasteiger partial charge < -0.3 is 4.90 Å². The fourth-order valence-corrected chi connectivity index (χ4v) is 1.91. The van der Waals surface area contributed by atoms with Crippen molar-refractivity contribution < 1.29 is 0 Å². The molecule has 1 atom stereocenters. The number of nitriles is 1. The average molecular weight is 257 g/mol. The van der Waals surface area contributed by atoms with Gasteiger partial charge in [0.05, 0.1) is 22.0 Å². The van der Waals surface area contributed by atoms with Gasteiger partial charge in [0.25, 0.3) is 0 Å². The monoisotopic (exact) mass is 256 g/mol. The van der Waals surface area contributed by atoms with E-state index in [4.69, 9.17) is 28.5 Å². The Labute approximate surface area is 106 Å². The average Bonchev–Trinajstić information content (AvgIpc) is 2.24. The van der Waals surface area contributed by atoms with E-state index in [1.807, 2.05) is 26.1 Å². The number of nitrogens with zero attached hydrogens (tertiary/aromatic N) is 2. The van der Waals surface area contributed by atoms with Crippen LogP contribution in [0.1, 0.15) is 12.5 Å². The van der Waals surface area contributed by atoms with Crippen molar-refractivity contribution in [2.45, 2.75) is 13.5 Å². The van der Waals surface area contributed by atoms with E-state index in [0.717, 1.165) is 12.1 Å². The van der Waals surface area contributed by atoms with Gasteiger partial charge in [-0.1, -0.05) is 35.3 Å². The van der Waals surface area contributed by atoms with Crippen LogP contribution in [0.4, 0.5) is 0 Å². The molecule has 0 aliphatic rings. The van der Waals surface area contributed by atoms with E-state index < -0.39 is 0 Å². The lowest BCUT2D eigenvalue weighted by Crippen LogP contribution is -2.23. The van der Waals surface area contributed by atoms with Gasteiger partial charge in [-0.15, -0.1) is 0 Å². The molecule has 2 nitrogen and oxygen atoms in total. The summed E-state index contributed by atoms with van der Waals surface area (Å²) in [5, 5.41) is 9.89. The highest BCUT2D eigenvalue weighted by molar-refractivity contribution is 6.42. The van der Waals surface area contributed by atoms with Crippen LogP contribution >= 0.6 is 23.2 Å². The molecule has 0 aromatic heterocycles. The molecule has 4 heteroatoms. The maximum Gasteiger partial charge on any atom is 0.0666 e. The van der Waals surface area contributed by atoms with Crippen molar-refractivity contribution in [3.05, 3.63) is 33.8 Å². The molecule has 1 aromatic carbocycles. The summed E-state index contributed by atoms with van der Waals surface area (Å²) in [6.45, 7) is 3.32. The number of hydrogen-bond acceptors (Lipinski definition) is 2. The Morgan fingerprint density at radius 1 is 1.44 bits per heavy atom. The highest BCUT2D eigenvalue weighted by Crippen LogP contribution is 2.26. The van der Waals surface area contributed by atoms with Gasteiger partial charge >= 0.3 is 0 Å². The highest BCUT2D eigenvalue weighted by Gasteiger charge is 2.09. The van der Waals surface area contributed by atoms with Gasteiger partial charge in [0.2, 0.25) is 0 Å². The van der Waals surface area contributed by atoms with Crippen molar-refractivity contribution in [1.29, 1.82) is 5.26 Å². The van der Waals surface area contributed by atoms with Crippen molar-refractivity contribution in [2.75, 3.05) is 13.6 Å². The van der Waals surface area contributed by atoms with Gasteiger partial charge in [0, 0.05) is 13.1 Å². The molecule has 0 saturated heterocycles. The quantitative estimate of drug-likeness (QED) is 0.824. The van der Waals surface area contributed by atoms with Gasteiger partial charge in [-0.05, 0) is 25.6 Å². The molecule has 0 radical (unpaired) electrons. The van der Waals surface area contributed by atoms with E-state index in [0.29, 0.717) is 16.6 Å². The zero-order chi connectivity index (χ0) is 12.1. The van der Waals surface area contributed by atoms with Crippen LogP contribution in [0.3, 0.4) is 0 Å². The van der Waals surface area contributed by atoms with Crippen molar-refractivity contribution in [3.63, 3.8) is 0 Å². The van der Waals surface area contributed by atoms with E-state index in [2.05, 4.69) is 11.0 Å². The van der Waals surface area contributed by atoms with Crippen LogP contribution in [-0.4, -0.2) is 18.5 Å². The second kappa shape index (κ2) is 6.10. The molecule has 86 valence electrons. The summed E-state index contributed by atoms with van der Waals surface area (Å²) < 4.78 is 0. The summed E-state index contributed by atoms with van der Waals surface area (Å²) in [6, 6.07) is 7.80. The van der Waals surface area contributed by atoms with Crippen LogP contribution in [0.15, 0.2) is 18.2 Å². The van der Waals surface area contributed by atoms with Gasteiger partial charge in [-0.3, -0.25) is 0 Å². The number of hydrogen-bond donors (Lipinski definition) is 0. The molecule has 0 aliphatic carbocycles. The molecule has 0 saturated carbocycles. The second-order valence-electron chi connectivity index (χ2n) is 3.94. The Morgan fingerprint density at radius 2 is 2.12 bits per heavy atom. The van der Waals surface area contributed by atoms with E-state index >= 15 is 0 Å². The first kappa shape index (κ1) is 13.3. The fourth-order valence-electron chi connectivity index (χ4n) is 1.53. The van der Waals surface area contributed by atoms with Gasteiger partial charge in [0.1, 0.15) is 0 Å². The second-order valence-corrected chi connectivity index (χ2v) is 4.73. The van der Waals surface area contributed by atoms with Gasteiger partial charge in [0.15, 0.2) is 0 Å². The zero-order valence-electron chi connectivity index (χ0n) is 9.37. The SMILES string of the molecule is CC(C#N)CN(C)Cc1cccc(Cl)c1Cl. The Hall–Kier alpha value is -0.750. The van der Waals surface area contributed by atoms with Crippen molar-refractivity contribution in [1.82, 2.24) is 4.90 Å². The van der Waals surface area contributed by atoms with Crippen molar-refractivity contribution in [3.8, 4) is 6.07 Å². The minimum Gasteiger partial charge on any atom is -0.301 e. The van der Waals surface area contributed by atoms with Crippen LogP contribution in [0, 0.1) is 17.2 Å². The predicted molar refractivity (Wildman–Crippen MR) is 67.6 cm³/mol. The summed E-state index contributed by atoms with van der Waals surface area (Å²) in [5.74, 6) is 0.0166. The highest BCUT2D eigenvalue weighted by atomic mass is 35.5. The normalized spacial score (nSPS) is 12.5. The summed E-state index contributed by atoms with van der Waals surface area (Å²) in [7, 11) is 1.96. The third-order valence-corrected chi connectivity index (χ3v) is 3.14. The maximum atomic E-state index is 8.72. The lowest BCUT2D eigenvalue weighted by Gasteiger charge is -2.18. The third kappa shape index (κ3) is 3.68. The molecule has 0 amide bonds. The van der Waals surface area contributed by atoms with Gasteiger partial charge in [-0.25, -0.2) is 0 Å². The smallest absolute Gasteiger partial charge is 0.0666 e. The first-order valence-corrected chi connectivity index (χ1v) is 5.81. The van der Waals surface area contributed by atoms with Crippen LogP contribution in [0.25, 0.3) is 0 Å². The molecule has 1 unspecified atom stereocenters. The Balaban J connectivity index is 2.67. The minimum absolute atomic E-state index is 0.0166. The minimum atomic E-state index is 0.0166. The molecule has 0 fully saturated rings. The summed E-state index contributed by atoms with van der Waals surface area (Å²) >= 11 is 12.0. The third-order valence-electron chi connectivity index (χ3n) is 2.28. The molecule has 1 aromatic rings. The van der Waals surface area contributed by atoms with Crippen LogP contribution in [0.2, 0.25) is 10.0 Å². The van der Waals surface area contributed by atoms with E-state index in [-0.39, 0.29) is 5.92 Å². The lowest BCUT2D eigenvalue weighted by atomic mass is 10.1. The van der Waals surface area contributed by atoms with Crippen molar-refractivity contribution in [2.24, 2.45) is 5.92 Å². The Bertz CT molecular complexity index is 398. The molecular weight excluding hydrogens is 243 g/mol. The van der Waals surface area contributed by atoms with Gasteiger partial charge in [-0.2, -0.15) is 5.26 Å². The molecular formula is C12H14Cl2N2. The molecule has 0 spiro atoms. The first-order chi connectivity index (χ1) is 7.54. The molecule has 0 heterocycles. The van der Waals surface area contributed by atoms with Crippen LogP contribution in [0.5, 0.6) is 0 Å². The molecule has 0 aliphatic heterocycles. The number of halogens is 2. The summed E-state index contributed by atoms with van der Waals surface area (Å²) in [4.78, 5) is 2.06. The fraction of sp³-hybridized carbons (Fsp3) is 0.417. The molecule has 0 bridgehead atoms. The molecule has 16 heavy (non-hydrogen) atoms. The summed E-state index contributed by atoms with van der Waals surface area (Å²) in [6.07, 6.45) is 0. The van der Waals surface area contributed by atoms with Crippen LogP contribution in [-0.2, 0) is 6.54 Å². The number of rotatable bonds is 4. The maximum absolute atomic E-state index is 8.72. The number of benzene rings is 1. The first-order valence-electron chi connectivity index (χ1n) is 5.05. The Kier molecular flexibility index (Phi) is 5.08. The summed E-state index contributed by atoms with van der Waals surface area (Å²) in [5.41, 5.74) is 0.988. The lowest BCUT2D eigenvalue weighted by molar-refractivity contribution is 0.303. The van der Waals surface area contributed by atoms with Crippen molar-refractivity contribution >= 4 is 23.2 Å². The largest absolute Gasteiger partial charge is 0.301 e. The predicted octanol–water partition coefficient (Wildman–Crippen LogP) is 3.58. The van der Waals surface area contributed by atoms with E-state index in [1.165, 1.54) is 0 Å². The zero-order valence-corrected chi connectivity index (χ0v) is 10.9. The molecule has 0 N–H and O–H groups in total. The standard InChI is InChI=1S/C12H14Cl2N2/c1-9(6-15)7-16(2)8-10-4-3-5-11(13)12(10)14/h3-5,9H,7-8H2,1-2H3. The van der Waals surface area contributed by atoms with E-state index in [1.54, 1.807) is 6.07 Å². The van der Waals surface area contributed by atoms with Crippen LogP contribution < -0.4 is 0 Å². The topological polar surface area (TPSA) is 27.0 Å². The van der Waals surface area contributed by atoms with E-state index in [9.17, 15) is 0 Å². The molecule has 1 rings (SSSR count). The Morgan fingerprint density at radius 3 is 2.75 bits per heavy atom.